The van der Waals surface area contributed by atoms with Gasteiger partial charge >= 0.3 is 5.97 Å². The van der Waals surface area contributed by atoms with Crippen molar-refractivity contribution in [2.24, 2.45) is 0 Å². The third kappa shape index (κ3) is 3.68. The molecule has 1 aromatic heterocycles. The van der Waals surface area contributed by atoms with Crippen molar-refractivity contribution in [2.75, 3.05) is 0 Å². The molecule has 1 aliphatic heterocycles. The molecule has 3 rings (SSSR count). The molecule has 0 radical (unpaired) electrons. The number of carbonyl (C=O) groups excluding carboxylic acids is 2. The van der Waals surface area contributed by atoms with E-state index in [2.05, 4.69) is 0 Å². The van der Waals surface area contributed by atoms with Gasteiger partial charge in [0.05, 0.1) is 17.7 Å². The summed E-state index contributed by atoms with van der Waals surface area (Å²) in [6.07, 6.45) is 2.56. The summed E-state index contributed by atoms with van der Waals surface area (Å²) >= 11 is 0. The topological polar surface area (TPSA) is 48.3 Å². The maximum atomic E-state index is 12.9. The van der Waals surface area contributed by atoms with E-state index in [1.807, 2.05) is 61.7 Å². The molecule has 0 N–H and O–H groups in total. The molecular weight excluding hydrogens is 314 g/mol. The highest BCUT2D eigenvalue weighted by molar-refractivity contribution is 6.08. The van der Waals surface area contributed by atoms with Crippen LogP contribution in [0, 0.1) is 6.92 Å². The second-order valence-corrected chi connectivity index (χ2v) is 7.02. The van der Waals surface area contributed by atoms with Gasteiger partial charge in [0.2, 0.25) is 5.78 Å². The van der Waals surface area contributed by atoms with Crippen molar-refractivity contribution in [3.63, 3.8) is 0 Å². The van der Waals surface area contributed by atoms with Gasteiger partial charge in [-0.1, -0.05) is 36.2 Å². The van der Waals surface area contributed by atoms with Crippen LogP contribution in [0.1, 0.15) is 66.3 Å². The summed E-state index contributed by atoms with van der Waals surface area (Å²) in [5, 5.41) is 0. The molecule has 0 bridgehead atoms. The number of ketones is 1. The molecule has 2 heterocycles. The van der Waals surface area contributed by atoms with Crippen molar-refractivity contribution in [1.29, 1.82) is 0 Å². The second-order valence-electron chi connectivity index (χ2n) is 7.02. The van der Waals surface area contributed by atoms with Crippen LogP contribution in [0.2, 0.25) is 0 Å². The zero-order valence-electron chi connectivity index (χ0n) is 15.1. The molecule has 4 heteroatoms. The zero-order valence-corrected chi connectivity index (χ0v) is 15.1. The average Bonchev–Trinajstić information content (AvgIpc) is 2.86. The lowest BCUT2D eigenvalue weighted by Crippen LogP contribution is -2.21. The molecule has 0 spiro atoms. The molecule has 0 fully saturated rings. The highest BCUT2D eigenvalue weighted by Gasteiger charge is 2.30. The molecule has 0 amide bonds. The lowest BCUT2D eigenvalue weighted by atomic mass is 10.00. The Labute approximate surface area is 148 Å². The number of aryl methyl sites for hydroxylation is 1. The first-order chi connectivity index (χ1) is 12.0. The first-order valence-electron chi connectivity index (χ1n) is 8.98. The SMILES string of the molecule is Cc1ccc(C(=O)c2ccc3n2CCCCC3C(=O)OC(C)C)cc1. The van der Waals surface area contributed by atoms with E-state index >= 15 is 0 Å². The number of carbonyl (C=O) groups is 2. The van der Waals surface area contributed by atoms with Crippen LogP contribution < -0.4 is 0 Å². The number of aromatic nitrogens is 1. The summed E-state index contributed by atoms with van der Waals surface area (Å²) in [5.41, 5.74) is 3.36. The van der Waals surface area contributed by atoms with Gasteiger partial charge in [0, 0.05) is 17.8 Å². The quantitative estimate of drug-likeness (QED) is 0.618. The monoisotopic (exact) mass is 339 g/mol. The molecular formula is C21H25NO3. The predicted molar refractivity (Wildman–Crippen MR) is 96.9 cm³/mol. The Morgan fingerprint density at radius 2 is 1.80 bits per heavy atom. The van der Waals surface area contributed by atoms with Crippen LogP contribution in [-0.2, 0) is 16.1 Å². The van der Waals surface area contributed by atoms with Crippen molar-refractivity contribution in [3.05, 3.63) is 58.9 Å². The van der Waals surface area contributed by atoms with Crippen molar-refractivity contribution in [2.45, 2.75) is 58.6 Å². The number of hydrogen-bond donors (Lipinski definition) is 0. The maximum Gasteiger partial charge on any atom is 0.315 e. The third-order valence-electron chi connectivity index (χ3n) is 4.68. The molecule has 1 atom stereocenters. The number of rotatable bonds is 4. The van der Waals surface area contributed by atoms with Gasteiger partial charge in [-0.15, -0.1) is 0 Å². The summed E-state index contributed by atoms with van der Waals surface area (Å²) in [7, 11) is 0. The smallest absolute Gasteiger partial charge is 0.315 e. The molecule has 0 saturated heterocycles. The van der Waals surface area contributed by atoms with Crippen LogP contribution in [-0.4, -0.2) is 22.4 Å². The minimum Gasteiger partial charge on any atom is -0.462 e. The summed E-state index contributed by atoms with van der Waals surface area (Å²) < 4.78 is 7.45. The molecule has 1 aliphatic rings. The Morgan fingerprint density at radius 3 is 2.48 bits per heavy atom. The predicted octanol–water partition coefficient (Wildman–Crippen LogP) is 4.25. The van der Waals surface area contributed by atoms with Crippen molar-refractivity contribution >= 4 is 11.8 Å². The van der Waals surface area contributed by atoms with Crippen LogP contribution in [0.15, 0.2) is 36.4 Å². The molecule has 132 valence electrons. The average molecular weight is 339 g/mol. The van der Waals surface area contributed by atoms with Gasteiger partial charge in [-0.05, 0) is 45.7 Å². The Kier molecular flexibility index (Phi) is 5.07. The standard InChI is InChI=1S/C21H25NO3/c1-14(2)25-21(24)17-6-4-5-13-22-18(17)11-12-19(22)20(23)16-9-7-15(3)8-10-16/h7-12,14,17H,4-6,13H2,1-3H3. The van der Waals surface area contributed by atoms with Crippen molar-refractivity contribution < 1.29 is 14.3 Å². The Hall–Kier alpha value is -2.36. The molecule has 2 aromatic rings. The van der Waals surface area contributed by atoms with Gasteiger partial charge in [-0.25, -0.2) is 0 Å². The minimum absolute atomic E-state index is 0.00382. The van der Waals surface area contributed by atoms with Gasteiger partial charge in [-0.3, -0.25) is 9.59 Å². The fraction of sp³-hybridized carbons (Fsp3) is 0.429. The number of nitrogens with zero attached hydrogens (tertiary/aromatic N) is 1. The highest BCUT2D eigenvalue weighted by atomic mass is 16.5. The molecule has 1 unspecified atom stereocenters. The van der Waals surface area contributed by atoms with Crippen LogP contribution in [0.4, 0.5) is 0 Å². The second kappa shape index (κ2) is 7.26. The van der Waals surface area contributed by atoms with Crippen LogP contribution in [0.3, 0.4) is 0 Å². The number of hydrogen-bond acceptors (Lipinski definition) is 3. The van der Waals surface area contributed by atoms with Gasteiger partial charge in [-0.2, -0.15) is 0 Å². The number of fused-ring (bicyclic) bond motifs is 1. The molecule has 4 nitrogen and oxygen atoms in total. The van der Waals surface area contributed by atoms with Crippen LogP contribution >= 0.6 is 0 Å². The van der Waals surface area contributed by atoms with Crippen LogP contribution in [0.5, 0.6) is 0 Å². The highest BCUT2D eigenvalue weighted by Crippen LogP contribution is 2.31. The van der Waals surface area contributed by atoms with E-state index in [-0.39, 0.29) is 23.8 Å². The first kappa shape index (κ1) is 17.5. The fourth-order valence-electron chi connectivity index (χ4n) is 3.41. The van der Waals surface area contributed by atoms with E-state index in [4.69, 9.17) is 4.74 Å². The molecule has 1 aromatic carbocycles. The number of benzene rings is 1. The first-order valence-corrected chi connectivity index (χ1v) is 8.98. The van der Waals surface area contributed by atoms with E-state index in [0.717, 1.165) is 37.1 Å². The van der Waals surface area contributed by atoms with Gasteiger partial charge < -0.3 is 9.30 Å². The van der Waals surface area contributed by atoms with E-state index < -0.39 is 0 Å². The van der Waals surface area contributed by atoms with Crippen LogP contribution in [0.25, 0.3) is 0 Å². The summed E-state index contributed by atoms with van der Waals surface area (Å²) in [4.78, 5) is 25.4. The number of esters is 1. The van der Waals surface area contributed by atoms with E-state index in [1.165, 1.54) is 0 Å². The summed E-state index contributed by atoms with van der Waals surface area (Å²) in [6.45, 7) is 6.49. The Bertz CT molecular complexity index is 771. The van der Waals surface area contributed by atoms with Crippen molar-refractivity contribution in [3.8, 4) is 0 Å². The maximum absolute atomic E-state index is 12.9. The minimum atomic E-state index is -0.288. The summed E-state index contributed by atoms with van der Waals surface area (Å²) in [6, 6.07) is 11.4. The van der Waals surface area contributed by atoms with Gasteiger partial charge in [0.1, 0.15) is 0 Å². The third-order valence-corrected chi connectivity index (χ3v) is 4.68. The lowest BCUT2D eigenvalue weighted by Gasteiger charge is -2.18. The normalized spacial score (nSPS) is 17.0. The summed E-state index contributed by atoms with van der Waals surface area (Å²) in [5.74, 6) is -0.473. The Morgan fingerprint density at radius 1 is 1.08 bits per heavy atom. The van der Waals surface area contributed by atoms with Gasteiger partial charge in [0.25, 0.3) is 0 Å². The fourth-order valence-corrected chi connectivity index (χ4v) is 3.41. The van der Waals surface area contributed by atoms with E-state index in [9.17, 15) is 9.59 Å². The van der Waals surface area contributed by atoms with Gasteiger partial charge in [0.15, 0.2) is 0 Å². The largest absolute Gasteiger partial charge is 0.462 e. The van der Waals surface area contributed by atoms with E-state index in [1.54, 1.807) is 0 Å². The molecule has 0 saturated carbocycles. The molecule has 25 heavy (non-hydrogen) atoms. The Balaban J connectivity index is 1.94. The molecule has 0 aliphatic carbocycles. The zero-order chi connectivity index (χ0) is 18.0. The lowest BCUT2D eigenvalue weighted by molar-refractivity contribution is -0.149. The van der Waals surface area contributed by atoms with E-state index in [0.29, 0.717) is 11.3 Å². The number of ether oxygens (including phenoxy) is 1. The van der Waals surface area contributed by atoms with Crippen molar-refractivity contribution in [1.82, 2.24) is 4.57 Å².